The van der Waals surface area contributed by atoms with Gasteiger partial charge in [-0.05, 0) is 41.8 Å². The van der Waals surface area contributed by atoms with Crippen LogP contribution in [0.3, 0.4) is 0 Å². The van der Waals surface area contributed by atoms with E-state index in [0.29, 0.717) is 29.3 Å². The van der Waals surface area contributed by atoms with Crippen LogP contribution in [0.2, 0.25) is 0 Å². The fourth-order valence-corrected chi connectivity index (χ4v) is 4.79. The highest BCUT2D eigenvalue weighted by Gasteiger charge is 2.32. The van der Waals surface area contributed by atoms with Gasteiger partial charge in [0.2, 0.25) is 5.91 Å². The van der Waals surface area contributed by atoms with E-state index in [1.165, 1.54) is 5.56 Å². The molecule has 0 spiro atoms. The van der Waals surface area contributed by atoms with Crippen LogP contribution in [0.4, 0.5) is 5.69 Å². The lowest BCUT2D eigenvalue weighted by molar-refractivity contribution is -0.128. The number of benzene rings is 3. The number of amides is 2. The molecule has 1 saturated heterocycles. The van der Waals surface area contributed by atoms with Gasteiger partial charge in [0.25, 0.3) is 5.91 Å². The molecule has 1 fully saturated rings. The molecule has 4 rings (SSSR count). The third-order valence-corrected chi connectivity index (χ3v) is 6.49. The lowest BCUT2D eigenvalue weighted by Crippen LogP contribution is -2.30. The van der Waals surface area contributed by atoms with Gasteiger partial charge in [0.15, 0.2) is 0 Å². The Balaban J connectivity index is 1.42. The lowest BCUT2D eigenvalue weighted by atomic mass is 10.1. The van der Waals surface area contributed by atoms with Crippen molar-refractivity contribution in [2.45, 2.75) is 11.8 Å². The van der Waals surface area contributed by atoms with Crippen LogP contribution in [0.1, 0.15) is 26.9 Å². The maximum atomic E-state index is 12.6. The van der Waals surface area contributed by atoms with E-state index < -0.39 is 0 Å². The highest BCUT2D eigenvalue weighted by molar-refractivity contribution is 8.00. The quantitative estimate of drug-likeness (QED) is 0.585. The van der Waals surface area contributed by atoms with E-state index in [0.717, 1.165) is 12.0 Å². The van der Waals surface area contributed by atoms with E-state index in [1.807, 2.05) is 65.6 Å². The summed E-state index contributed by atoms with van der Waals surface area (Å²) in [6, 6.07) is 24.9. The summed E-state index contributed by atoms with van der Waals surface area (Å²) in [5, 5.41) is 2.87. The van der Waals surface area contributed by atoms with Crippen LogP contribution in [0.25, 0.3) is 0 Å². The topological polar surface area (TPSA) is 58.6 Å². The second-order valence-electron chi connectivity index (χ2n) is 7.29. The minimum absolute atomic E-state index is 0.0216. The summed E-state index contributed by atoms with van der Waals surface area (Å²) < 4.78 is 5.20. The second kappa shape index (κ2) is 9.71. The van der Waals surface area contributed by atoms with Crippen LogP contribution in [0, 0.1) is 0 Å². The van der Waals surface area contributed by atoms with Crippen molar-refractivity contribution in [1.29, 1.82) is 0 Å². The molecule has 1 atom stereocenters. The summed E-state index contributed by atoms with van der Waals surface area (Å²) in [4.78, 5) is 27.0. The number of carbonyl (C=O) groups is 2. The minimum Gasteiger partial charge on any atom is -0.497 e. The Morgan fingerprint density at radius 1 is 1.06 bits per heavy atom. The van der Waals surface area contributed by atoms with E-state index in [4.69, 9.17) is 4.74 Å². The Kier molecular flexibility index (Phi) is 6.57. The predicted molar refractivity (Wildman–Crippen MR) is 124 cm³/mol. The molecular formula is C25H24N2O3S. The number of methoxy groups -OCH3 is 1. The molecule has 1 heterocycles. The molecule has 0 saturated carbocycles. The Bertz CT molecular complexity index is 1050. The highest BCUT2D eigenvalue weighted by Crippen LogP contribution is 2.38. The normalized spacial score (nSPS) is 15.7. The summed E-state index contributed by atoms with van der Waals surface area (Å²) in [5.41, 5.74) is 3.49. The summed E-state index contributed by atoms with van der Waals surface area (Å²) in [6.45, 7) is 0.679. The van der Waals surface area contributed by atoms with E-state index in [1.54, 1.807) is 24.9 Å². The maximum Gasteiger partial charge on any atom is 0.255 e. The highest BCUT2D eigenvalue weighted by atomic mass is 32.2. The van der Waals surface area contributed by atoms with Crippen LogP contribution in [-0.4, -0.2) is 36.1 Å². The summed E-state index contributed by atoms with van der Waals surface area (Å²) in [6.07, 6.45) is 0.824. The Hall–Kier alpha value is -3.25. The molecule has 0 aliphatic carbocycles. The Morgan fingerprint density at radius 2 is 1.84 bits per heavy atom. The second-order valence-corrected chi connectivity index (χ2v) is 8.36. The van der Waals surface area contributed by atoms with Crippen LogP contribution in [0.15, 0.2) is 78.9 Å². The molecule has 3 aromatic carbocycles. The van der Waals surface area contributed by atoms with Gasteiger partial charge in [-0.1, -0.05) is 48.5 Å². The molecule has 0 radical (unpaired) electrons. The molecule has 5 nitrogen and oxygen atoms in total. The molecule has 1 aliphatic rings. The fraction of sp³-hybridized carbons (Fsp3) is 0.200. The zero-order chi connectivity index (χ0) is 21.6. The van der Waals surface area contributed by atoms with E-state index in [2.05, 4.69) is 17.4 Å². The zero-order valence-electron chi connectivity index (χ0n) is 17.3. The van der Waals surface area contributed by atoms with Crippen molar-refractivity contribution >= 4 is 29.3 Å². The number of anilines is 1. The lowest BCUT2D eigenvalue weighted by Gasteiger charge is -2.24. The molecule has 3 aromatic rings. The van der Waals surface area contributed by atoms with Gasteiger partial charge in [-0.2, -0.15) is 0 Å². The monoisotopic (exact) mass is 432 g/mol. The molecular weight excluding hydrogens is 408 g/mol. The molecule has 6 heteroatoms. The number of hydrogen-bond donors (Lipinski definition) is 1. The van der Waals surface area contributed by atoms with Crippen LogP contribution >= 0.6 is 11.8 Å². The first-order valence-electron chi connectivity index (χ1n) is 10.1. The van der Waals surface area contributed by atoms with Crippen LogP contribution in [-0.2, 0) is 11.2 Å². The fourth-order valence-electron chi connectivity index (χ4n) is 3.57. The van der Waals surface area contributed by atoms with Crippen molar-refractivity contribution in [3.63, 3.8) is 0 Å². The molecule has 0 bridgehead atoms. The van der Waals surface area contributed by atoms with Gasteiger partial charge in [0.05, 0.1) is 12.9 Å². The number of carbonyl (C=O) groups excluding carboxylic acids is 2. The van der Waals surface area contributed by atoms with Crippen molar-refractivity contribution in [1.82, 2.24) is 4.90 Å². The molecule has 1 N–H and O–H groups in total. The van der Waals surface area contributed by atoms with Gasteiger partial charge in [-0.25, -0.2) is 0 Å². The van der Waals surface area contributed by atoms with Crippen molar-refractivity contribution in [3.05, 3.63) is 95.6 Å². The predicted octanol–water partition coefficient (Wildman–Crippen LogP) is 4.76. The standard InChI is InChI=1S/C25H24N2O3S/c1-30-22-9-5-8-21(16-22)26-24(29)19-10-12-20(13-11-19)25-27(23(28)17-31-25)15-14-18-6-3-2-4-7-18/h2-13,16,25H,14-15,17H2,1H3,(H,26,29)/t25-/m0/s1. The van der Waals surface area contributed by atoms with Gasteiger partial charge in [-0.3, -0.25) is 9.59 Å². The third-order valence-electron chi connectivity index (χ3n) is 5.24. The number of hydrogen-bond acceptors (Lipinski definition) is 4. The summed E-state index contributed by atoms with van der Waals surface area (Å²) in [7, 11) is 1.59. The molecule has 1 aliphatic heterocycles. The molecule has 0 unspecified atom stereocenters. The van der Waals surface area contributed by atoms with Crippen LogP contribution < -0.4 is 10.1 Å². The van der Waals surface area contributed by atoms with E-state index >= 15 is 0 Å². The zero-order valence-corrected chi connectivity index (χ0v) is 18.1. The van der Waals surface area contributed by atoms with E-state index in [-0.39, 0.29) is 17.2 Å². The van der Waals surface area contributed by atoms with Gasteiger partial charge < -0.3 is 15.0 Å². The minimum atomic E-state index is -0.184. The third kappa shape index (κ3) is 5.09. The average Bonchev–Trinajstić information content (AvgIpc) is 3.18. The first kappa shape index (κ1) is 21.0. The summed E-state index contributed by atoms with van der Waals surface area (Å²) in [5.74, 6) is 1.14. The first-order chi connectivity index (χ1) is 15.1. The largest absolute Gasteiger partial charge is 0.497 e. The number of rotatable bonds is 7. The smallest absolute Gasteiger partial charge is 0.255 e. The Labute approximate surface area is 186 Å². The Morgan fingerprint density at radius 3 is 2.58 bits per heavy atom. The van der Waals surface area contributed by atoms with E-state index in [9.17, 15) is 9.59 Å². The van der Waals surface area contributed by atoms with Crippen molar-refractivity contribution < 1.29 is 14.3 Å². The SMILES string of the molecule is COc1cccc(NC(=O)c2ccc([C@@H]3SCC(=O)N3CCc3ccccc3)cc2)c1. The van der Waals surface area contributed by atoms with Gasteiger partial charge in [0.1, 0.15) is 11.1 Å². The number of nitrogens with one attached hydrogen (secondary N) is 1. The number of ether oxygens (including phenoxy) is 1. The van der Waals surface area contributed by atoms with Gasteiger partial charge in [-0.15, -0.1) is 11.8 Å². The first-order valence-corrected chi connectivity index (χ1v) is 11.2. The molecule has 31 heavy (non-hydrogen) atoms. The number of nitrogens with zero attached hydrogens (tertiary/aromatic N) is 1. The van der Waals surface area contributed by atoms with Gasteiger partial charge >= 0.3 is 0 Å². The summed E-state index contributed by atoms with van der Waals surface area (Å²) >= 11 is 1.63. The van der Waals surface area contributed by atoms with Crippen molar-refractivity contribution in [3.8, 4) is 5.75 Å². The average molecular weight is 433 g/mol. The van der Waals surface area contributed by atoms with Gasteiger partial charge in [0, 0.05) is 23.9 Å². The van der Waals surface area contributed by atoms with Crippen LogP contribution in [0.5, 0.6) is 5.75 Å². The molecule has 0 aromatic heterocycles. The van der Waals surface area contributed by atoms with Crippen molar-refractivity contribution in [2.75, 3.05) is 24.7 Å². The molecule has 158 valence electrons. The van der Waals surface area contributed by atoms with Crippen molar-refractivity contribution in [2.24, 2.45) is 0 Å². The molecule has 2 amide bonds. The maximum absolute atomic E-state index is 12.6. The number of thioether (sulfide) groups is 1.